The minimum atomic E-state index is -0.141. The third-order valence-corrected chi connectivity index (χ3v) is 4.76. The number of thiophene rings is 1. The highest BCUT2D eigenvalue weighted by Gasteiger charge is 2.47. The first-order valence-electron chi connectivity index (χ1n) is 5.91. The van der Waals surface area contributed by atoms with Crippen LogP contribution in [-0.2, 0) is 16.1 Å². The third-order valence-electron chi connectivity index (χ3n) is 3.54. The molecular weight excluding hydrogens is 270 g/mol. The summed E-state index contributed by atoms with van der Waals surface area (Å²) in [5.74, 6) is -0.339. The fourth-order valence-corrected chi connectivity index (χ4v) is 3.69. The maximum absolute atomic E-state index is 12.2. The van der Waals surface area contributed by atoms with E-state index in [1.807, 2.05) is 18.2 Å². The minimum Gasteiger partial charge on any atom is -0.277 e. The largest absolute Gasteiger partial charge is 0.277 e. The van der Waals surface area contributed by atoms with E-state index in [1.165, 1.54) is 16.2 Å². The molecule has 2 atom stereocenters. The number of nitrogens with zero attached hydrogens (tertiary/aromatic N) is 1. The summed E-state index contributed by atoms with van der Waals surface area (Å²) in [5.41, 5.74) is 0. The molecule has 2 unspecified atom stereocenters. The molecule has 0 spiro atoms. The van der Waals surface area contributed by atoms with Crippen molar-refractivity contribution in [1.82, 2.24) is 4.90 Å². The van der Waals surface area contributed by atoms with Gasteiger partial charge in [-0.25, -0.2) is 0 Å². The highest BCUT2D eigenvalue weighted by Crippen LogP contribution is 2.36. The Morgan fingerprint density at radius 3 is 2.28 bits per heavy atom. The number of imide groups is 1. The molecule has 1 saturated heterocycles. The number of hydrogen-bond donors (Lipinski definition) is 0. The van der Waals surface area contributed by atoms with E-state index in [1.54, 1.807) is 6.07 Å². The predicted octanol–water partition coefficient (Wildman–Crippen LogP) is 2.85. The Morgan fingerprint density at radius 2 is 1.78 bits per heavy atom. The molecule has 0 saturated carbocycles. The van der Waals surface area contributed by atoms with Crippen molar-refractivity contribution in [3.05, 3.63) is 33.5 Å². The van der Waals surface area contributed by atoms with Gasteiger partial charge in [-0.3, -0.25) is 14.5 Å². The summed E-state index contributed by atoms with van der Waals surface area (Å²) in [4.78, 5) is 26.8. The zero-order valence-corrected chi connectivity index (χ0v) is 11.2. The van der Waals surface area contributed by atoms with Crippen LogP contribution in [-0.4, -0.2) is 16.7 Å². The van der Waals surface area contributed by atoms with Gasteiger partial charge in [0.2, 0.25) is 11.8 Å². The number of halogens is 1. The van der Waals surface area contributed by atoms with Gasteiger partial charge in [0.1, 0.15) is 0 Å². The van der Waals surface area contributed by atoms with Crippen LogP contribution in [0.15, 0.2) is 24.3 Å². The second-order valence-corrected chi connectivity index (χ2v) is 6.42. The average Bonchev–Trinajstić information content (AvgIpc) is 2.88. The second-order valence-electron chi connectivity index (χ2n) is 4.62. The number of carbonyl (C=O) groups excluding carboxylic acids is 2. The Morgan fingerprint density at radius 1 is 1.17 bits per heavy atom. The number of carbonyl (C=O) groups is 2. The van der Waals surface area contributed by atoms with Crippen LogP contribution < -0.4 is 0 Å². The van der Waals surface area contributed by atoms with Gasteiger partial charge in [0.25, 0.3) is 0 Å². The van der Waals surface area contributed by atoms with E-state index in [0.717, 1.165) is 4.88 Å². The monoisotopic (exact) mass is 281 g/mol. The van der Waals surface area contributed by atoms with E-state index in [-0.39, 0.29) is 23.7 Å². The van der Waals surface area contributed by atoms with Gasteiger partial charge in [-0.1, -0.05) is 23.8 Å². The topological polar surface area (TPSA) is 37.4 Å². The molecule has 1 aliphatic heterocycles. The smallest absolute Gasteiger partial charge is 0.233 e. The van der Waals surface area contributed by atoms with Gasteiger partial charge in [0.15, 0.2) is 0 Å². The zero-order valence-electron chi connectivity index (χ0n) is 9.64. The Balaban J connectivity index is 1.81. The van der Waals surface area contributed by atoms with Crippen molar-refractivity contribution >= 4 is 34.8 Å². The van der Waals surface area contributed by atoms with E-state index in [4.69, 9.17) is 11.6 Å². The molecule has 1 aromatic heterocycles. The lowest BCUT2D eigenvalue weighted by molar-refractivity contribution is -0.140. The van der Waals surface area contributed by atoms with Crippen molar-refractivity contribution in [2.45, 2.75) is 19.4 Å². The van der Waals surface area contributed by atoms with Crippen LogP contribution in [0.1, 0.15) is 17.7 Å². The van der Waals surface area contributed by atoms with Crippen molar-refractivity contribution in [2.24, 2.45) is 11.8 Å². The maximum atomic E-state index is 12.2. The molecule has 5 heteroatoms. The van der Waals surface area contributed by atoms with E-state index in [2.05, 4.69) is 0 Å². The number of amides is 2. The quantitative estimate of drug-likeness (QED) is 0.617. The highest BCUT2D eigenvalue weighted by molar-refractivity contribution is 7.16. The summed E-state index contributed by atoms with van der Waals surface area (Å²) in [6, 6.07) is 3.66. The summed E-state index contributed by atoms with van der Waals surface area (Å²) in [5, 5.41) is 0. The molecule has 2 heterocycles. The molecule has 1 aliphatic carbocycles. The van der Waals surface area contributed by atoms with Crippen molar-refractivity contribution in [3.8, 4) is 0 Å². The van der Waals surface area contributed by atoms with Gasteiger partial charge in [0, 0.05) is 4.88 Å². The fourth-order valence-electron chi connectivity index (χ4n) is 2.62. The molecule has 2 amide bonds. The first kappa shape index (κ1) is 11.9. The molecule has 94 valence electrons. The Kier molecular flexibility index (Phi) is 2.99. The van der Waals surface area contributed by atoms with E-state index >= 15 is 0 Å². The molecule has 18 heavy (non-hydrogen) atoms. The zero-order chi connectivity index (χ0) is 12.7. The second kappa shape index (κ2) is 4.52. The number of likely N-dealkylation sites (tertiary alicyclic amines) is 1. The number of fused-ring (bicyclic) bond motifs is 1. The van der Waals surface area contributed by atoms with Crippen LogP contribution in [0.3, 0.4) is 0 Å². The number of rotatable bonds is 2. The first-order chi connectivity index (χ1) is 8.66. The number of allylic oxidation sites excluding steroid dienone is 2. The van der Waals surface area contributed by atoms with Crippen LogP contribution in [0.5, 0.6) is 0 Å². The molecule has 0 N–H and O–H groups in total. The van der Waals surface area contributed by atoms with Crippen LogP contribution >= 0.6 is 22.9 Å². The van der Waals surface area contributed by atoms with Crippen molar-refractivity contribution < 1.29 is 9.59 Å². The summed E-state index contributed by atoms with van der Waals surface area (Å²) in [6.45, 7) is 0.363. The van der Waals surface area contributed by atoms with Crippen molar-refractivity contribution in [3.63, 3.8) is 0 Å². The van der Waals surface area contributed by atoms with E-state index in [0.29, 0.717) is 23.7 Å². The Bertz CT molecular complexity index is 511. The summed E-state index contributed by atoms with van der Waals surface area (Å²) >= 11 is 7.28. The normalized spacial score (nSPS) is 26.8. The minimum absolute atomic E-state index is 0.0288. The maximum Gasteiger partial charge on any atom is 0.233 e. The van der Waals surface area contributed by atoms with Crippen LogP contribution in [0, 0.1) is 11.8 Å². The molecular formula is C13H12ClNO2S. The van der Waals surface area contributed by atoms with Crippen LogP contribution in [0.4, 0.5) is 0 Å². The lowest BCUT2D eigenvalue weighted by Crippen LogP contribution is -2.30. The summed E-state index contributed by atoms with van der Waals surface area (Å²) in [6.07, 6.45) is 5.38. The highest BCUT2D eigenvalue weighted by atomic mass is 35.5. The molecule has 0 radical (unpaired) electrons. The van der Waals surface area contributed by atoms with Crippen LogP contribution in [0.2, 0.25) is 4.34 Å². The third kappa shape index (κ3) is 1.89. The van der Waals surface area contributed by atoms with Gasteiger partial charge < -0.3 is 0 Å². The van der Waals surface area contributed by atoms with Gasteiger partial charge in [-0.2, -0.15) is 0 Å². The average molecular weight is 282 g/mol. The van der Waals surface area contributed by atoms with Gasteiger partial charge in [-0.15, -0.1) is 11.3 Å². The molecule has 1 aromatic rings. The van der Waals surface area contributed by atoms with Gasteiger partial charge in [-0.05, 0) is 25.0 Å². The van der Waals surface area contributed by atoms with Crippen molar-refractivity contribution in [2.75, 3.05) is 0 Å². The molecule has 0 aromatic carbocycles. The lowest BCUT2D eigenvalue weighted by Gasteiger charge is -2.14. The molecule has 0 bridgehead atoms. The first-order valence-corrected chi connectivity index (χ1v) is 7.10. The molecule has 3 nitrogen and oxygen atoms in total. The van der Waals surface area contributed by atoms with E-state index < -0.39 is 0 Å². The lowest BCUT2D eigenvalue weighted by atomic mass is 9.85. The van der Waals surface area contributed by atoms with Gasteiger partial charge >= 0.3 is 0 Å². The predicted molar refractivity (Wildman–Crippen MR) is 70.2 cm³/mol. The molecule has 2 aliphatic rings. The summed E-state index contributed by atoms with van der Waals surface area (Å²) in [7, 11) is 0. The Hall–Kier alpha value is -1.13. The number of hydrogen-bond acceptors (Lipinski definition) is 3. The molecule has 3 rings (SSSR count). The SMILES string of the molecule is O=C1C2CC=CCC2C(=O)N1Cc1ccc(Cl)s1. The molecule has 1 fully saturated rings. The van der Waals surface area contributed by atoms with Crippen LogP contribution in [0.25, 0.3) is 0 Å². The fraction of sp³-hybridized carbons (Fsp3) is 0.385. The Labute approximate surface area is 114 Å². The van der Waals surface area contributed by atoms with Crippen molar-refractivity contribution in [1.29, 1.82) is 0 Å². The standard InChI is InChI=1S/C13H12ClNO2S/c14-11-6-5-8(18-11)7-15-12(16)9-3-1-2-4-10(9)13(15)17/h1-2,5-6,9-10H,3-4,7H2. The van der Waals surface area contributed by atoms with E-state index in [9.17, 15) is 9.59 Å². The summed E-state index contributed by atoms with van der Waals surface area (Å²) < 4.78 is 0.683. The van der Waals surface area contributed by atoms with Gasteiger partial charge in [0.05, 0.1) is 22.7 Å².